The van der Waals surface area contributed by atoms with Crippen LogP contribution in [0.15, 0.2) is 47.1 Å². The highest BCUT2D eigenvalue weighted by Gasteiger charge is 2.22. The van der Waals surface area contributed by atoms with Crippen LogP contribution in [0.2, 0.25) is 0 Å². The first kappa shape index (κ1) is 13.7. The van der Waals surface area contributed by atoms with Gasteiger partial charge >= 0.3 is 5.97 Å². The average molecular weight is 274 g/mol. The maximum atomic E-state index is 12.4. The number of nitrogens with two attached hydrogens (primary N) is 1. The van der Waals surface area contributed by atoms with E-state index in [1.807, 2.05) is 0 Å². The number of benzene rings is 1. The third-order valence-corrected chi connectivity index (χ3v) is 2.75. The van der Waals surface area contributed by atoms with Crippen molar-refractivity contribution in [1.82, 2.24) is 0 Å². The van der Waals surface area contributed by atoms with E-state index in [2.05, 4.69) is 0 Å². The van der Waals surface area contributed by atoms with Gasteiger partial charge in [-0.05, 0) is 24.3 Å². The lowest BCUT2D eigenvalue weighted by molar-refractivity contribution is -0.136. The van der Waals surface area contributed by atoms with Crippen molar-refractivity contribution in [2.75, 3.05) is 17.2 Å². The molecule has 2 rings (SSSR count). The minimum Gasteiger partial charge on any atom is -0.481 e. The maximum absolute atomic E-state index is 12.4. The minimum absolute atomic E-state index is 0.0169. The molecule has 0 unspecified atom stereocenters. The van der Waals surface area contributed by atoms with Crippen LogP contribution in [0.25, 0.3) is 0 Å². The van der Waals surface area contributed by atoms with Crippen molar-refractivity contribution in [1.29, 1.82) is 0 Å². The van der Waals surface area contributed by atoms with E-state index in [1.54, 1.807) is 30.3 Å². The number of carbonyl (C=O) groups is 2. The number of rotatable bonds is 5. The van der Waals surface area contributed by atoms with Gasteiger partial charge in [0.2, 0.25) is 0 Å². The maximum Gasteiger partial charge on any atom is 0.305 e. The standard InChI is InChI=1S/C14H14N2O4/c15-10-4-1-2-5-11(10)16(8-7-13(17)18)14(19)12-6-3-9-20-12/h1-6,9H,7-8,15H2,(H,17,18). The number of nitrogen functional groups attached to an aromatic ring is 1. The van der Waals surface area contributed by atoms with Gasteiger partial charge in [0.05, 0.1) is 24.1 Å². The van der Waals surface area contributed by atoms with E-state index in [-0.39, 0.29) is 18.7 Å². The molecule has 0 atom stereocenters. The zero-order valence-electron chi connectivity index (χ0n) is 10.7. The number of aliphatic carboxylic acids is 1. The van der Waals surface area contributed by atoms with Crippen LogP contribution in [-0.4, -0.2) is 23.5 Å². The van der Waals surface area contributed by atoms with E-state index >= 15 is 0 Å². The van der Waals surface area contributed by atoms with E-state index in [4.69, 9.17) is 15.3 Å². The predicted molar refractivity (Wildman–Crippen MR) is 73.5 cm³/mol. The zero-order chi connectivity index (χ0) is 14.5. The van der Waals surface area contributed by atoms with Gasteiger partial charge in [0.15, 0.2) is 5.76 Å². The third kappa shape index (κ3) is 2.97. The Bertz CT molecular complexity index is 607. The van der Waals surface area contributed by atoms with E-state index in [0.29, 0.717) is 11.4 Å². The Balaban J connectivity index is 2.32. The summed E-state index contributed by atoms with van der Waals surface area (Å²) in [5.41, 5.74) is 6.72. The van der Waals surface area contributed by atoms with E-state index in [1.165, 1.54) is 17.2 Å². The molecule has 1 amide bonds. The molecule has 0 aliphatic heterocycles. The van der Waals surface area contributed by atoms with Gasteiger partial charge in [-0.25, -0.2) is 0 Å². The number of furan rings is 1. The summed E-state index contributed by atoms with van der Waals surface area (Å²) >= 11 is 0. The fraction of sp³-hybridized carbons (Fsp3) is 0.143. The Morgan fingerprint density at radius 3 is 2.55 bits per heavy atom. The van der Waals surface area contributed by atoms with E-state index in [0.717, 1.165) is 0 Å². The lowest BCUT2D eigenvalue weighted by Gasteiger charge is -2.22. The molecule has 0 bridgehead atoms. The Labute approximate surface area is 115 Å². The van der Waals surface area contributed by atoms with Gasteiger partial charge in [-0.15, -0.1) is 0 Å². The van der Waals surface area contributed by atoms with Gasteiger partial charge in [0, 0.05) is 6.54 Å². The summed E-state index contributed by atoms with van der Waals surface area (Å²) in [4.78, 5) is 24.4. The lowest BCUT2D eigenvalue weighted by atomic mass is 10.2. The molecule has 0 radical (unpaired) electrons. The van der Waals surface area contributed by atoms with E-state index in [9.17, 15) is 9.59 Å². The summed E-state index contributed by atoms with van der Waals surface area (Å²) in [6, 6.07) is 9.91. The van der Waals surface area contributed by atoms with Crippen molar-refractivity contribution in [2.45, 2.75) is 6.42 Å². The number of amides is 1. The zero-order valence-corrected chi connectivity index (χ0v) is 10.7. The van der Waals surface area contributed by atoms with Crippen molar-refractivity contribution in [3.05, 3.63) is 48.4 Å². The first-order valence-corrected chi connectivity index (χ1v) is 6.01. The molecule has 6 nitrogen and oxygen atoms in total. The fourth-order valence-corrected chi connectivity index (χ4v) is 1.81. The first-order valence-electron chi connectivity index (χ1n) is 6.01. The Kier molecular flexibility index (Phi) is 4.05. The summed E-state index contributed by atoms with van der Waals surface area (Å²) < 4.78 is 5.06. The number of carboxylic acid groups (broad SMARTS) is 1. The molecule has 1 aromatic heterocycles. The minimum atomic E-state index is -0.989. The van der Waals surface area contributed by atoms with E-state index < -0.39 is 11.9 Å². The van der Waals surface area contributed by atoms with Gasteiger partial charge in [0.25, 0.3) is 5.91 Å². The van der Waals surface area contributed by atoms with Crippen molar-refractivity contribution in [3.63, 3.8) is 0 Å². The number of hydrogen-bond acceptors (Lipinski definition) is 4. The third-order valence-electron chi connectivity index (χ3n) is 2.75. The highest BCUT2D eigenvalue weighted by atomic mass is 16.4. The summed E-state index contributed by atoms with van der Waals surface area (Å²) in [5, 5.41) is 8.80. The fourth-order valence-electron chi connectivity index (χ4n) is 1.81. The second kappa shape index (κ2) is 5.92. The van der Waals surface area contributed by atoms with Gasteiger partial charge in [-0.2, -0.15) is 0 Å². The normalized spacial score (nSPS) is 10.2. The molecular formula is C14H14N2O4. The first-order chi connectivity index (χ1) is 9.59. The Morgan fingerprint density at radius 1 is 1.20 bits per heavy atom. The van der Waals surface area contributed by atoms with Crippen molar-refractivity contribution >= 4 is 23.3 Å². The monoisotopic (exact) mass is 274 g/mol. The van der Waals surface area contributed by atoms with Crippen molar-refractivity contribution in [3.8, 4) is 0 Å². The molecule has 0 saturated heterocycles. The highest BCUT2D eigenvalue weighted by Crippen LogP contribution is 2.24. The molecule has 3 N–H and O–H groups in total. The Hall–Kier alpha value is -2.76. The van der Waals surface area contributed by atoms with Crippen LogP contribution in [0.4, 0.5) is 11.4 Å². The number of carbonyl (C=O) groups excluding carboxylic acids is 1. The summed E-state index contributed by atoms with van der Waals surface area (Å²) in [6.07, 6.45) is 1.21. The van der Waals surface area contributed by atoms with Crippen LogP contribution >= 0.6 is 0 Å². The van der Waals surface area contributed by atoms with Crippen LogP contribution in [0, 0.1) is 0 Å². The molecule has 0 aliphatic carbocycles. The van der Waals surface area contributed by atoms with Crippen molar-refractivity contribution in [2.24, 2.45) is 0 Å². The summed E-state index contributed by atoms with van der Waals surface area (Å²) in [6.45, 7) is 0.0169. The average Bonchev–Trinajstić information content (AvgIpc) is 2.94. The number of nitrogens with zero attached hydrogens (tertiary/aromatic N) is 1. The van der Waals surface area contributed by atoms with Gasteiger partial charge < -0.3 is 20.2 Å². The van der Waals surface area contributed by atoms with Crippen LogP contribution in [-0.2, 0) is 4.79 Å². The summed E-state index contributed by atoms with van der Waals surface area (Å²) in [5.74, 6) is -1.27. The molecule has 2 aromatic rings. The number of carboxylic acids is 1. The number of anilines is 2. The molecule has 1 heterocycles. The van der Waals surface area contributed by atoms with Crippen LogP contribution < -0.4 is 10.6 Å². The lowest BCUT2D eigenvalue weighted by Crippen LogP contribution is -2.33. The second-order valence-electron chi connectivity index (χ2n) is 4.14. The van der Waals surface area contributed by atoms with Gasteiger partial charge in [-0.3, -0.25) is 9.59 Å². The Morgan fingerprint density at radius 2 is 1.95 bits per heavy atom. The molecule has 104 valence electrons. The SMILES string of the molecule is Nc1ccccc1N(CCC(=O)O)C(=O)c1ccco1. The van der Waals surface area contributed by atoms with Crippen LogP contribution in [0.5, 0.6) is 0 Å². The molecule has 0 saturated carbocycles. The molecule has 6 heteroatoms. The summed E-state index contributed by atoms with van der Waals surface area (Å²) in [7, 11) is 0. The predicted octanol–water partition coefficient (Wildman–Crippen LogP) is 1.98. The molecule has 0 aliphatic rings. The van der Waals surface area contributed by atoms with Gasteiger partial charge in [0.1, 0.15) is 0 Å². The quantitative estimate of drug-likeness (QED) is 0.812. The van der Waals surface area contributed by atoms with Crippen LogP contribution in [0.1, 0.15) is 17.0 Å². The largest absolute Gasteiger partial charge is 0.481 e. The van der Waals surface area contributed by atoms with Crippen LogP contribution in [0.3, 0.4) is 0 Å². The van der Waals surface area contributed by atoms with Gasteiger partial charge in [-0.1, -0.05) is 12.1 Å². The molecular weight excluding hydrogens is 260 g/mol. The van der Waals surface area contributed by atoms with Crippen molar-refractivity contribution < 1.29 is 19.1 Å². The number of para-hydroxylation sites is 2. The smallest absolute Gasteiger partial charge is 0.305 e. The topological polar surface area (TPSA) is 96.8 Å². The molecule has 0 spiro atoms. The highest BCUT2D eigenvalue weighted by molar-refractivity contribution is 6.06. The molecule has 0 fully saturated rings. The molecule has 1 aromatic carbocycles. The molecule has 20 heavy (non-hydrogen) atoms. The number of hydrogen-bond donors (Lipinski definition) is 2. The second-order valence-corrected chi connectivity index (χ2v) is 4.14.